The predicted molar refractivity (Wildman–Crippen MR) is 57.8 cm³/mol. The average Bonchev–Trinajstić information content (AvgIpc) is 2.16. The Bertz CT molecular complexity index is 127. The van der Waals surface area contributed by atoms with E-state index in [0.717, 1.165) is 12.7 Å². The van der Waals surface area contributed by atoms with Crippen LogP contribution in [0.3, 0.4) is 0 Å². The lowest BCUT2D eigenvalue weighted by Gasteiger charge is -1.98. The van der Waals surface area contributed by atoms with E-state index in [-0.39, 0.29) is 0 Å². The monoisotopic (exact) mass is 182 g/mol. The Hall–Kier alpha value is -0.590. The predicted octanol–water partition coefficient (Wildman–Crippen LogP) is 3.88. The maximum atomic E-state index is 9.93. The van der Waals surface area contributed by atoms with Crippen molar-refractivity contribution in [1.29, 1.82) is 0 Å². The number of hydrogen-bond acceptors (Lipinski definition) is 1. The lowest BCUT2D eigenvalue weighted by atomic mass is 10.1. The second kappa shape index (κ2) is 11.4. The van der Waals surface area contributed by atoms with Gasteiger partial charge in [-0.1, -0.05) is 51.5 Å². The Balaban J connectivity index is 2.91. The van der Waals surface area contributed by atoms with E-state index in [0.29, 0.717) is 0 Å². The molecule has 0 saturated heterocycles. The van der Waals surface area contributed by atoms with Crippen LogP contribution in [0.5, 0.6) is 0 Å². The van der Waals surface area contributed by atoms with E-state index in [1.54, 1.807) is 6.08 Å². The third-order valence-corrected chi connectivity index (χ3v) is 2.19. The maximum Gasteiger partial charge on any atom is 0.142 e. The zero-order valence-electron chi connectivity index (χ0n) is 8.80. The van der Waals surface area contributed by atoms with Crippen LogP contribution < -0.4 is 0 Å². The fourth-order valence-corrected chi connectivity index (χ4v) is 1.37. The molecule has 0 aromatic rings. The van der Waals surface area contributed by atoms with Gasteiger partial charge in [-0.25, -0.2) is 0 Å². The topological polar surface area (TPSA) is 17.1 Å². The summed E-state index contributed by atoms with van der Waals surface area (Å²) in [6, 6.07) is 0. The summed E-state index contributed by atoms with van der Waals surface area (Å²) in [5, 5.41) is 0. The van der Waals surface area contributed by atoms with Crippen molar-refractivity contribution in [1.82, 2.24) is 0 Å². The molecule has 0 spiro atoms. The van der Waals surface area contributed by atoms with E-state index < -0.39 is 0 Å². The highest BCUT2D eigenvalue weighted by Gasteiger charge is 1.88. The van der Waals surface area contributed by atoms with Crippen molar-refractivity contribution in [3.05, 3.63) is 12.2 Å². The lowest BCUT2D eigenvalue weighted by Crippen LogP contribution is -1.78. The Morgan fingerprint density at radius 3 is 2.15 bits per heavy atom. The average molecular weight is 182 g/mol. The first-order valence-electron chi connectivity index (χ1n) is 5.52. The molecule has 76 valence electrons. The standard InChI is InChI=1S/C12H22O/c1-2-3-4-5-6-7-8-9-10-11-12-13/h10-12H,2-9H2,1H3/b11-10+. The summed E-state index contributed by atoms with van der Waals surface area (Å²) in [6.07, 6.45) is 14.8. The number of hydrogen-bond donors (Lipinski definition) is 0. The summed E-state index contributed by atoms with van der Waals surface area (Å²) in [4.78, 5) is 9.93. The van der Waals surface area contributed by atoms with Crippen molar-refractivity contribution in [2.45, 2.75) is 58.3 Å². The number of carbonyl (C=O) groups excluding carboxylic acids is 1. The minimum atomic E-state index is 0.848. The minimum Gasteiger partial charge on any atom is -0.299 e. The van der Waals surface area contributed by atoms with Gasteiger partial charge in [0.1, 0.15) is 6.29 Å². The zero-order valence-corrected chi connectivity index (χ0v) is 8.80. The molecule has 0 bridgehead atoms. The summed E-state index contributed by atoms with van der Waals surface area (Å²) in [6.45, 7) is 2.24. The lowest BCUT2D eigenvalue weighted by molar-refractivity contribution is -0.104. The molecule has 0 aliphatic heterocycles. The molecule has 0 aliphatic rings. The van der Waals surface area contributed by atoms with Crippen molar-refractivity contribution in [3.8, 4) is 0 Å². The first kappa shape index (κ1) is 12.4. The number of carbonyl (C=O) groups is 1. The summed E-state index contributed by atoms with van der Waals surface area (Å²) in [5.41, 5.74) is 0. The Kier molecular flexibility index (Phi) is 10.9. The summed E-state index contributed by atoms with van der Waals surface area (Å²) in [7, 11) is 0. The molecule has 0 fully saturated rings. The fourth-order valence-electron chi connectivity index (χ4n) is 1.37. The van der Waals surface area contributed by atoms with Crippen molar-refractivity contribution in [2.24, 2.45) is 0 Å². The van der Waals surface area contributed by atoms with Crippen LogP contribution in [0.4, 0.5) is 0 Å². The Morgan fingerprint density at radius 2 is 1.54 bits per heavy atom. The number of unbranched alkanes of at least 4 members (excludes halogenated alkanes) is 7. The zero-order chi connectivity index (χ0) is 9.78. The molecular formula is C12H22O. The Labute approximate surface area is 82.2 Å². The molecule has 0 atom stereocenters. The van der Waals surface area contributed by atoms with Crippen LogP contribution in [-0.4, -0.2) is 6.29 Å². The number of rotatable bonds is 9. The van der Waals surface area contributed by atoms with Gasteiger partial charge >= 0.3 is 0 Å². The Morgan fingerprint density at radius 1 is 0.923 bits per heavy atom. The van der Waals surface area contributed by atoms with Gasteiger partial charge in [0, 0.05) is 0 Å². The molecule has 0 heterocycles. The molecule has 0 unspecified atom stereocenters. The quantitative estimate of drug-likeness (QED) is 0.300. The second-order valence-electron chi connectivity index (χ2n) is 3.47. The van der Waals surface area contributed by atoms with Crippen molar-refractivity contribution in [2.75, 3.05) is 0 Å². The molecule has 0 amide bonds. The van der Waals surface area contributed by atoms with E-state index in [9.17, 15) is 4.79 Å². The first-order valence-corrected chi connectivity index (χ1v) is 5.52. The molecule has 1 nitrogen and oxygen atoms in total. The van der Waals surface area contributed by atoms with E-state index in [2.05, 4.69) is 6.92 Å². The van der Waals surface area contributed by atoms with Crippen LogP contribution in [0, 0.1) is 0 Å². The van der Waals surface area contributed by atoms with Crippen molar-refractivity contribution < 1.29 is 4.79 Å². The minimum absolute atomic E-state index is 0.848. The van der Waals surface area contributed by atoms with Gasteiger partial charge in [-0.05, 0) is 18.9 Å². The van der Waals surface area contributed by atoms with E-state index in [4.69, 9.17) is 0 Å². The SMILES string of the molecule is CCCCCCCCC/C=C/C=O. The van der Waals surface area contributed by atoms with Gasteiger partial charge < -0.3 is 0 Å². The molecule has 0 aromatic carbocycles. The molecule has 0 aliphatic carbocycles. The summed E-state index contributed by atoms with van der Waals surface area (Å²) < 4.78 is 0. The third-order valence-electron chi connectivity index (χ3n) is 2.19. The highest BCUT2D eigenvalue weighted by molar-refractivity contribution is 5.64. The highest BCUT2D eigenvalue weighted by atomic mass is 16.1. The summed E-state index contributed by atoms with van der Waals surface area (Å²) in [5.74, 6) is 0. The van der Waals surface area contributed by atoms with Gasteiger partial charge in [-0.3, -0.25) is 4.79 Å². The molecule has 0 N–H and O–H groups in total. The highest BCUT2D eigenvalue weighted by Crippen LogP contribution is 2.08. The van der Waals surface area contributed by atoms with Crippen LogP contribution in [0.25, 0.3) is 0 Å². The molecular weight excluding hydrogens is 160 g/mol. The number of allylic oxidation sites excluding steroid dienone is 2. The molecule has 0 rings (SSSR count). The van der Waals surface area contributed by atoms with E-state index >= 15 is 0 Å². The third kappa shape index (κ3) is 11.4. The maximum absolute atomic E-state index is 9.93. The van der Waals surface area contributed by atoms with Crippen LogP contribution in [-0.2, 0) is 4.79 Å². The molecule has 0 radical (unpaired) electrons. The van der Waals surface area contributed by atoms with Crippen molar-refractivity contribution >= 4 is 6.29 Å². The molecule has 13 heavy (non-hydrogen) atoms. The van der Waals surface area contributed by atoms with E-state index in [1.165, 1.54) is 44.9 Å². The normalized spacial score (nSPS) is 10.8. The molecule has 1 heteroatoms. The van der Waals surface area contributed by atoms with Gasteiger partial charge in [-0.2, -0.15) is 0 Å². The van der Waals surface area contributed by atoms with Crippen LogP contribution in [0.2, 0.25) is 0 Å². The van der Waals surface area contributed by atoms with Crippen molar-refractivity contribution in [3.63, 3.8) is 0 Å². The van der Waals surface area contributed by atoms with Crippen LogP contribution in [0.1, 0.15) is 58.3 Å². The van der Waals surface area contributed by atoms with E-state index in [1.807, 2.05) is 6.08 Å². The first-order chi connectivity index (χ1) is 6.41. The van der Waals surface area contributed by atoms with Gasteiger partial charge in [0.05, 0.1) is 0 Å². The smallest absolute Gasteiger partial charge is 0.142 e. The van der Waals surface area contributed by atoms with Gasteiger partial charge in [-0.15, -0.1) is 0 Å². The number of aldehydes is 1. The van der Waals surface area contributed by atoms with Crippen LogP contribution in [0.15, 0.2) is 12.2 Å². The largest absolute Gasteiger partial charge is 0.299 e. The fraction of sp³-hybridized carbons (Fsp3) is 0.750. The molecule has 0 aromatic heterocycles. The van der Waals surface area contributed by atoms with Gasteiger partial charge in [0.2, 0.25) is 0 Å². The van der Waals surface area contributed by atoms with Crippen LogP contribution >= 0.6 is 0 Å². The molecule has 0 saturated carbocycles. The van der Waals surface area contributed by atoms with Gasteiger partial charge in [0.15, 0.2) is 0 Å². The van der Waals surface area contributed by atoms with Gasteiger partial charge in [0.25, 0.3) is 0 Å². The second-order valence-corrected chi connectivity index (χ2v) is 3.47. The summed E-state index contributed by atoms with van der Waals surface area (Å²) >= 11 is 0.